The summed E-state index contributed by atoms with van der Waals surface area (Å²) in [5.74, 6) is 0.886. The van der Waals surface area contributed by atoms with Crippen molar-refractivity contribution in [2.24, 2.45) is 5.92 Å². The molecule has 25 heavy (non-hydrogen) atoms. The van der Waals surface area contributed by atoms with E-state index >= 15 is 0 Å². The Balaban J connectivity index is 1.67. The molecule has 1 amide bonds. The van der Waals surface area contributed by atoms with Gasteiger partial charge < -0.3 is 10.2 Å². The molecule has 1 heterocycles. The Labute approximate surface area is 151 Å². The molecule has 2 aromatic rings. The van der Waals surface area contributed by atoms with E-state index < -0.39 is 0 Å². The van der Waals surface area contributed by atoms with Gasteiger partial charge in [0.05, 0.1) is 0 Å². The summed E-state index contributed by atoms with van der Waals surface area (Å²) >= 11 is 0. The monoisotopic (exact) mass is 336 g/mol. The van der Waals surface area contributed by atoms with E-state index in [2.05, 4.69) is 42.6 Å². The second-order valence-electron chi connectivity index (χ2n) is 6.86. The Hall–Kier alpha value is -2.13. The number of hydrogen-bond donors (Lipinski definition) is 1. The number of amides is 1. The highest BCUT2D eigenvalue weighted by molar-refractivity contribution is 5.95. The van der Waals surface area contributed by atoms with Gasteiger partial charge in [0.2, 0.25) is 0 Å². The van der Waals surface area contributed by atoms with Crippen molar-refractivity contribution < 1.29 is 4.79 Å². The van der Waals surface area contributed by atoms with Crippen molar-refractivity contribution in [1.29, 1.82) is 0 Å². The van der Waals surface area contributed by atoms with Gasteiger partial charge in [-0.25, -0.2) is 0 Å². The molecule has 0 unspecified atom stereocenters. The van der Waals surface area contributed by atoms with Crippen LogP contribution in [-0.4, -0.2) is 37.0 Å². The smallest absolute Gasteiger partial charge is 0.254 e. The molecule has 132 valence electrons. The van der Waals surface area contributed by atoms with Crippen molar-refractivity contribution in [3.05, 3.63) is 71.3 Å². The highest BCUT2D eigenvalue weighted by Gasteiger charge is 2.24. The molecule has 1 N–H and O–H groups in total. The van der Waals surface area contributed by atoms with Crippen LogP contribution in [0.2, 0.25) is 0 Å². The van der Waals surface area contributed by atoms with Crippen LogP contribution < -0.4 is 5.32 Å². The van der Waals surface area contributed by atoms with Gasteiger partial charge in [0.25, 0.3) is 5.91 Å². The first-order valence-electron chi connectivity index (χ1n) is 9.39. The zero-order chi connectivity index (χ0) is 17.5. The predicted octanol–water partition coefficient (Wildman–Crippen LogP) is 3.74. The van der Waals surface area contributed by atoms with Crippen LogP contribution in [0.15, 0.2) is 54.6 Å². The molecule has 1 saturated heterocycles. The number of benzene rings is 2. The minimum absolute atomic E-state index is 0.188. The van der Waals surface area contributed by atoms with Crippen LogP contribution in [0.25, 0.3) is 0 Å². The van der Waals surface area contributed by atoms with E-state index in [1.165, 1.54) is 5.56 Å². The fourth-order valence-corrected chi connectivity index (χ4v) is 3.56. The first-order valence-corrected chi connectivity index (χ1v) is 9.39. The zero-order valence-electron chi connectivity index (χ0n) is 15.1. The molecule has 0 aromatic heterocycles. The van der Waals surface area contributed by atoms with E-state index in [1.807, 2.05) is 29.2 Å². The maximum atomic E-state index is 13.0. The lowest BCUT2D eigenvalue weighted by Crippen LogP contribution is -2.41. The number of nitrogens with one attached hydrogen (secondary N) is 1. The van der Waals surface area contributed by atoms with Gasteiger partial charge in [-0.2, -0.15) is 0 Å². The number of nitrogens with zero attached hydrogens (tertiary/aromatic N) is 1. The Morgan fingerprint density at radius 1 is 1.04 bits per heavy atom. The number of carbonyl (C=O) groups excluding carboxylic acids is 1. The van der Waals surface area contributed by atoms with E-state index in [0.29, 0.717) is 5.92 Å². The fraction of sp³-hybridized carbons (Fsp3) is 0.409. The van der Waals surface area contributed by atoms with Crippen LogP contribution in [0.3, 0.4) is 0 Å². The molecule has 0 spiro atoms. The molecule has 1 aliphatic heterocycles. The van der Waals surface area contributed by atoms with Crippen LogP contribution in [0.4, 0.5) is 0 Å². The molecular formula is C22H28N2O. The van der Waals surface area contributed by atoms with Crippen molar-refractivity contribution in [1.82, 2.24) is 10.2 Å². The van der Waals surface area contributed by atoms with Crippen molar-refractivity contribution in [2.45, 2.75) is 26.2 Å². The van der Waals surface area contributed by atoms with Crippen molar-refractivity contribution >= 4 is 5.91 Å². The molecule has 3 rings (SSSR count). The molecule has 0 aliphatic carbocycles. The number of likely N-dealkylation sites (tertiary alicyclic amines) is 1. The van der Waals surface area contributed by atoms with Gasteiger partial charge in [-0.15, -0.1) is 0 Å². The van der Waals surface area contributed by atoms with Gasteiger partial charge in [0.15, 0.2) is 0 Å². The van der Waals surface area contributed by atoms with E-state index in [-0.39, 0.29) is 5.91 Å². The quantitative estimate of drug-likeness (QED) is 0.871. The molecule has 1 fully saturated rings. The summed E-state index contributed by atoms with van der Waals surface area (Å²) < 4.78 is 0. The summed E-state index contributed by atoms with van der Waals surface area (Å²) in [5.41, 5.74) is 3.22. The zero-order valence-corrected chi connectivity index (χ0v) is 15.1. The van der Waals surface area contributed by atoms with Gasteiger partial charge in [-0.05, 0) is 55.5 Å². The Bertz CT molecular complexity index is 675. The summed E-state index contributed by atoms with van der Waals surface area (Å²) in [7, 11) is 0. The molecule has 3 heteroatoms. The second-order valence-corrected chi connectivity index (χ2v) is 6.86. The van der Waals surface area contributed by atoms with Crippen molar-refractivity contribution in [2.75, 3.05) is 26.2 Å². The summed E-state index contributed by atoms with van der Waals surface area (Å²) in [5, 5.41) is 3.43. The lowest BCUT2D eigenvalue weighted by molar-refractivity contribution is 0.0689. The number of rotatable bonds is 6. The lowest BCUT2D eigenvalue weighted by atomic mass is 9.94. The van der Waals surface area contributed by atoms with Gasteiger partial charge in [-0.3, -0.25) is 4.79 Å². The highest BCUT2D eigenvalue weighted by atomic mass is 16.2. The normalized spacial score (nSPS) is 15.3. The van der Waals surface area contributed by atoms with Crippen LogP contribution in [0.1, 0.15) is 41.3 Å². The molecule has 0 radical (unpaired) electrons. The third-order valence-corrected chi connectivity index (χ3v) is 5.07. The summed E-state index contributed by atoms with van der Waals surface area (Å²) in [6.45, 7) is 5.97. The second kappa shape index (κ2) is 8.82. The van der Waals surface area contributed by atoms with Crippen molar-refractivity contribution in [3.63, 3.8) is 0 Å². The number of carbonyl (C=O) groups is 1. The summed E-state index contributed by atoms with van der Waals surface area (Å²) in [6.07, 6.45) is 3.00. The van der Waals surface area contributed by atoms with Gasteiger partial charge in [0, 0.05) is 18.7 Å². The predicted molar refractivity (Wildman–Crippen MR) is 103 cm³/mol. The van der Waals surface area contributed by atoms with Crippen LogP contribution in [0.5, 0.6) is 0 Å². The molecule has 0 saturated carbocycles. The Kier molecular flexibility index (Phi) is 6.24. The van der Waals surface area contributed by atoms with E-state index in [4.69, 9.17) is 0 Å². The first-order chi connectivity index (χ1) is 12.3. The lowest BCUT2D eigenvalue weighted by Gasteiger charge is -2.32. The average molecular weight is 336 g/mol. The van der Waals surface area contributed by atoms with Crippen LogP contribution >= 0.6 is 0 Å². The van der Waals surface area contributed by atoms with Crippen LogP contribution in [-0.2, 0) is 6.42 Å². The summed E-state index contributed by atoms with van der Waals surface area (Å²) in [4.78, 5) is 15.1. The Morgan fingerprint density at radius 2 is 1.72 bits per heavy atom. The fourth-order valence-electron chi connectivity index (χ4n) is 3.56. The highest BCUT2D eigenvalue weighted by Crippen LogP contribution is 2.21. The topological polar surface area (TPSA) is 32.3 Å². The molecule has 0 bridgehead atoms. The van der Waals surface area contributed by atoms with E-state index in [1.54, 1.807) is 0 Å². The Morgan fingerprint density at radius 3 is 2.44 bits per heavy atom. The van der Waals surface area contributed by atoms with Crippen LogP contribution in [0, 0.1) is 5.92 Å². The van der Waals surface area contributed by atoms with Crippen molar-refractivity contribution in [3.8, 4) is 0 Å². The van der Waals surface area contributed by atoms with Gasteiger partial charge >= 0.3 is 0 Å². The largest absolute Gasteiger partial charge is 0.339 e. The number of piperidine rings is 1. The minimum Gasteiger partial charge on any atom is -0.339 e. The molecule has 0 atom stereocenters. The van der Waals surface area contributed by atoms with E-state index in [9.17, 15) is 4.79 Å². The molecule has 1 aliphatic rings. The molecule has 2 aromatic carbocycles. The third-order valence-electron chi connectivity index (χ3n) is 5.07. The molecule has 3 nitrogen and oxygen atoms in total. The first kappa shape index (κ1) is 17.7. The molecular weight excluding hydrogens is 308 g/mol. The maximum Gasteiger partial charge on any atom is 0.254 e. The number of hydrogen-bond acceptors (Lipinski definition) is 2. The SMILES string of the molecule is CCNCC1CCN(C(=O)c2ccccc2Cc2ccccc2)CC1. The third kappa shape index (κ3) is 4.70. The van der Waals surface area contributed by atoms with Gasteiger partial charge in [-0.1, -0.05) is 55.5 Å². The van der Waals surface area contributed by atoms with Gasteiger partial charge in [0.1, 0.15) is 0 Å². The minimum atomic E-state index is 0.188. The summed E-state index contributed by atoms with van der Waals surface area (Å²) in [6, 6.07) is 18.4. The van der Waals surface area contributed by atoms with E-state index in [0.717, 1.165) is 56.6 Å². The maximum absolute atomic E-state index is 13.0. The standard InChI is InChI=1S/C22H28N2O/c1-2-23-17-19-12-14-24(15-13-19)22(25)21-11-7-6-10-20(21)16-18-8-4-3-5-9-18/h3-11,19,23H,2,12-17H2,1H3. The average Bonchev–Trinajstić information content (AvgIpc) is 2.67.